The zero-order chi connectivity index (χ0) is 16.5. The van der Waals surface area contributed by atoms with Crippen LogP contribution in [0, 0.1) is 6.92 Å². The standard InChI is InChI=1S/C17H23BrO4/c1-4-6-8-21-16(19)13-10-12(3)15(18)11-14(13)17(20)22-9-7-5-2/h10-11H,4-9H2,1-3H3. The summed E-state index contributed by atoms with van der Waals surface area (Å²) in [5.41, 5.74) is 1.38. The van der Waals surface area contributed by atoms with E-state index in [9.17, 15) is 9.59 Å². The minimum atomic E-state index is -0.489. The molecule has 5 heteroatoms. The van der Waals surface area contributed by atoms with Crippen molar-refractivity contribution in [3.63, 3.8) is 0 Å². The molecule has 0 aliphatic heterocycles. The van der Waals surface area contributed by atoms with Crippen LogP contribution < -0.4 is 0 Å². The van der Waals surface area contributed by atoms with Crippen LogP contribution in [-0.4, -0.2) is 25.2 Å². The van der Waals surface area contributed by atoms with Crippen molar-refractivity contribution in [2.45, 2.75) is 46.5 Å². The maximum absolute atomic E-state index is 12.2. The molecule has 122 valence electrons. The van der Waals surface area contributed by atoms with Crippen molar-refractivity contribution in [2.75, 3.05) is 13.2 Å². The van der Waals surface area contributed by atoms with Gasteiger partial charge in [-0.3, -0.25) is 0 Å². The van der Waals surface area contributed by atoms with Gasteiger partial charge in [0.2, 0.25) is 0 Å². The van der Waals surface area contributed by atoms with E-state index in [1.807, 2.05) is 20.8 Å². The lowest BCUT2D eigenvalue weighted by atomic mass is 10.0. The average Bonchev–Trinajstić information content (AvgIpc) is 2.49. The zero-order valence-corrected chi connectivity index (χ0v) is 15.0. The molecular weight excluding hydrogens is 348 g/mol. The highest BCUT2D eigenvalue weighted by atomic mass is 79.9. The van der Waals surface area contributed by atoms with E-state index in [4.69, 9.17) is 9.47 Å². The first-order valence-electron chi connectivity index (χ1n) is 7.65. The molecule has 0 amide bonds. The van der Waals surface area contributed by atoms with Crippen LogP contribution in [0.1, 0.15) is 65.8 Å². The van der Waals surface area contributed by atoms with Crippen LogP contribution in [0.15, 0.2) is 16.6 Å². The molecule has 0 aromatic heterocycles. The molecule has 0 fully saturated rings. The number of ether oxygens (including phenoxy) is 2. The van der Waals surface area contributed by atoms with E-state index in [0.717, 1.165) is 35.7 Å². The van der Waals surface area contributed by atoms with E-state index < -0.39 is 11.9 Å². The van der Waals surface area contributed by atoms with Gasteiger partial charge >= 0.3 is 11.9 Å². The number of hydrogen-bond acceptors (Lipinski definition) is 4. The normalized spacial score (nSPS) is 10.4. The molecule has 0 saturated heterocycles. The van der Waals surface area contributed by atoms with Crippen molar-refractivity contribution in [1.29, 1.82) is 0 Å². The second kappa shape index (κ2) is 9.62. The molecule has 0 aliphatic rings. The summed E-state index contributed by atoms with van der Waals surface area (Å²) in [5.74, 6) is -0.969. The highest BCUT2D eigenvalue weighted by Gasteiger charge is 2.21. The van der Waals surface area contributed by atoms with E-state index in [1.54, 1.807) is 12.1 Å². The number of hydrogen-bond donors (Lipinski definition) is 0. The predicted molar refractivity (Wildman–Crippen MR) is 89.3 cm³/mol. The molecule has 0 unspecified atom stereocenters. The molecule has 22 heavy (non-hydrogen) atoms. The smallest absolute Gasteiger partial charge is 0.339 e. The van der Waals surface area contributed by atoms with Gasteiger partial charge in [0.25, 0.3) is 0 Å². The van der Waals surface area contributed by atoms with E-state index >= 15 is 0 Å². The van der Waals surface area contributed by atoms with Crippen molar-refractivity contribution in [3.8, 4) is 0 Å². The zero-order valence-electron chi connectivity index (χ0n) is 13.4. The van der Waals surface area contributed by atoms with Gasteiger partial charge in [0.05, 0.1) is 24.3 Å². The summed E-state index contributed by atoms with van der Waals surface area (Å²) in [6.45, 7) is 6.61. The Bertz CT molecular complexity index is 479. The Hall–Kier alpha value is -1.36. The SMILES string of the molecule is CCCCOC(=O)c1cc(C)c(Br)cc1C(=O)OCCCC. The van der Waals surface area contributed by atoms with Crippen LogP contribution in [0.5, 0.6) is 0 Å². The monoisotopic (exact) mass is 370 g/mol. The second-order valence-corrected chi connectivity index (χ2v) is 5.98. The average molecular weight is 371 g/mol. The summed E-state index contributed by atoms with van der Waals surface area (Å²) in [7, 11) is 0. The van der Waals surface area contributed by atoms with Crippen molar-refractivity contribution in [1.82, 2.24) is 0 Å². The molecule has 0 heterocycles. The van der Waals surface area contributed by atoms with Crippen LogP contribution in [0.4, 0.5) is 0 Å². The predicted octanol–water partition coefficient (Wildman–Crippen LogP) is 4.67. The maximum atomic E-state index is 12.2. The Morgan fingerprint density at radius 2 is 1.41 bits per heavy atom. The van der Waals surface area contributed by atoms with Crippen LogP contribution in [0.25, 0.3) is 0 Å². The summed E-state index contributed by atoms with van der Waals surface area (Å²) in [6.07, 6.45) is 3.49. The van der Waals surface area contributed by atoms with Crippen LogP contribution in [-0.2, 0) is 9.47 Å². The minimum Gasteiger partial charge on any atom is -0.462 e. The van der Waals surface area contributed by atoms with Gasteiger partial charge < -0.3 is 9.47 Å². The molecule has 0 aliphatic carbocycles. The van der Waals surface area contributed by atoms with Gasteiger partial charge in [-0.2, -0.15) is 0 Å². The van der Waals surface area contributed by atoms with Gasteiger partial charge in [-0.15, -0.1) is 0 Å². The Kier molecular flexibility index (Phi) is 8.17. The Labute approximate surface area is 140 Å². The summed E-state index contributed by atoms with van der Waals surface area (Å²) < 4.78 is 11.2. The van der Waals surface area contributed by atoms with Crippen LogP contribution >= 0.6 is 15.9 Å². The molecule has 0 atom stereocenters. The van der Waals surface area contributed by atoms with E-state index in [0.29, 0.717) is 13.2 Å². The first-order valence-corrected chi connectivity index (χ1v) is 8.44. The summed E-state index contributed by atoms with van der Waals surface area (Å²) in [6, 6.07) is 3.29. The van der Waals surface area contributed by atoms with Crippen LogP contribution in [0.3, 0.4) is 0 Å². The van der Waals surface area contributed by atoms with Crippen molar-refractivity contribution < 1.29 is 19.1 Å². The molecule has 0 spiro atoms. The van der Waals surface area contributed by atoms with Crippen molar-refractivity contribution >= 4 is 27.9 Å². The van der Waals surface area contributed by atoms with E-state index in [-0.39, 0.29) is 11.1 Å². The number of halogens is 1. The van der Waals surface area contributed by atoms with Crippen molar-refractivity contribution in [3.05, 3.63) is 33.3 Å². The minimum absolute atomic E-state index is 0.245. The number of rotatable bonds is 8. The van der Waals surface area contributed by atoms with E-state index in [1.165, 1.54) is 0 Å². The first kappa shape index (κ1) is 18.7. The van der Waals surface area contributed by atoms with Gasteiger partial charge in [-0.1, -0.05) is 42.6 Å². The topological polar surface area (TPSA) is 52.6 Å². The fourth-order valence-electron chi connectivity index (χ4n) is 1.79. The fourth-order valence-corrected chi connectivity index (χ4v) is 2.14. The molecule has 4 nitrogen and oxygen atoms in total. The molecule has 0 saturated carbocycles. The number of aryl methyl sites for hydroxylation is 1. The number of benzene rings is 1. The lowest BCUT2D eigenvalue weighted by molar-refractivity contribution is 0.0452. The number of carbonyl (C=O) groups is 2. The molecule has 0 bridgehead atoms. The highest BCUT2D eigenvalue weighted by Crippen LogP contribution is 2.23. The summed E-state index contributed by atoms with van der Waals surface area (Å²) in [5, 5.41) is 0. The quantitative estimate of drug-likeness (QED) is 0.492. The summed E-state index contributed by atoms with van der Waals surface area (Å²) in [4.78, 5) is 24.4. The third-order valence-corrected chi connectivity index (χ3v) is 4.06. The molecule has 1 rings (SSSR count). The maximum Gasteiger partial charge on any atom is 0.339 e. The Morgan fingerprint density at radius 1 is 0.955 bits per heavy atom. The number of esters is 2. The third-order valence-electron chi connectivity index (χ3n) is 3.20. The third kappa shape index (κ3) is 5.44. The fraction of sp³-hybridized carbons (Fsp3) is 0.529. The molecule has 1 aromatic carbocycles. The highest BCUT2D eigenvalue weighted by molar-refractivity contribution is 9.10. The number of unbranched alkanes of at least 4 members (excludes halogenated alkanes) is 2. The molecule has 0 N–H and O–H groups in total. The molecular formula is C17H23BrO4. The lowest BCUT2D eigenvalue weighted by Crippen LogP contribution is -2.15. The van der Waals surface area contributed by atoms with Gasteiger partial charge in [-0.05, 0) is 37.5 Å². The largest absolute Gasteiger partial charge is 0.462 e. The van der Waals surface area contributed by atoms with E-state index in [2.05, 4.69) is 15.9 Å². The number of carbonyl (C=O) groups excluding carboxylic acids is 2. The lowest BCUT2D eigenvalue weighted by Gasteiger charge is -2.11. The Balaban J connectivity index is 2.96. The van der Waals surface area contributed by atoms with Gasteiger partial charge in [0.1, 0.15) is 0 Å². The second-order valence-electron chi connectivity index (χ2n) is 5.13. The molecule has 1 aromatic rings. The Morgan fingerprint density at radius 3 is 1.86 bits per heavy atom. The van der Waals surface area contributed by atoms with Gasteiger partial charge in [0.15, 0.2) is 0 Å². The van der Waals surface area contributed by atoms with Crippen molar-refractivity contribution in [2.24, 2.45) is 0 Å². The molecule has 0 radical (unpaired) electrons. The van der Waals surface area contributed by atoms with Gasteiger partial charge in [0, 0.05) is 4.47 Å². The summed E-state index contributed by atoms with van der Waals surface area (Å²) >= 11 is 3.38. The van der Waals surface area contributed by atoms with Crippen LogP contribution in [0.2, 0.25) is 0 Å². The van der Waals surface area contributed by atoms with Gasteiger partial charge in [-0.25, -0.2) is 9.59 Å². The first-order chi connectivity index (χ1) is 10.5.